The van der Waals surface area contributed by atoms with E-state index in [-0.39, 0.29) is 18.3 Å². The van der Waals surface area contributed by atoms with Gasteiger partial charge in [0.1, 0.15) is 0 Å². The van der Waals surface area contributed by atoms with Crippen molar-refractivity contribution >= 4 is 20.4 Å². The topological polar surface area (TPSA) is 18.5 Å². The highest BCUT2D eigenvalue weighted by molar-refractivity contribution is 6.92. The van der Waals surface area contributed by atoms with Crippen molar-refractivity contribution in [1.29, 1.82) is 0 Å². The molecule has 0 radical (unpaired) electrons. The number of hydrogen-bond acceptors (Lipinski definition) is 2. The average Bonchev–Trinajstić information content (AvgIpc) is 2.57. The average molecular weight is 316 g/mol. The second-order valence-electron chi connectivity index (χ2n) is 8.56. The smallest absolute Gasteiger partial charge is 0.403 e. The molecule has 1 aromatic rings. The summed E-state index contributed by atoms with van der Waals surface area (Å²) in [6.07, 6.45) is 2.56. The first-order chi connectivity index (χ1) is 10.2. The lowest BCUT2D eigenvalue weighted by Crippen LogP contribution is -2.53. The van der Waals surface area contributed by atoms with Gasteiger partial charge in [-0.3, -0.25) is 0 Å². The van der Waals surface area contributed by atoms with Gasteiger partial charge in [0.25, 0.3) is 0 Å². The summed E-state index contributed by atoms with van der Waals surface area (Å²) in [4.78, 5) is 0. The van der Waals surface area contributed by atoms with Gasteiger partial charge in [-0.2, -0.15) is 0 Å². The third kappa shape index (κ3) is 2.49. The summed E-state index contributed by atoms with van der Waals surface area (Å²) in [6, 6.07) is 11.1. The molecule has 1 aromatic carbocycles. The van der Waals surface area contributed by atoms with E-state index < -0.39 is 8.07 Å². The summed E-state index contributed by atoms with van der Waals surface area (Å²) in [5.74, 6) is 0.558. The minimum atomic E-state index is -1.48. The zero-order valence-corrected chi connectivity index (χ0v) is 15.8. The van der Waals surface area contributed by atoms with Gasteiger partial charge in [-0.1, -0.05) is 61.5 Å². The van der Waals surface area contributed by atoms with Crippen LogP contribution in [-0.2, 0) is 9.31 Å². The van der Waals surface area contributed by atoms with E-state index in [0.717, 1.165) is 5.54 Å². The van der Waals surface area contributed by atoms with Crippen LogP contribution in [-0.4, -0.2) is 26.4 Å². The van der Waals surface area contributed by atoms with Crippen LogP contribution in [0.2, 0.25) is 24.5 Å². The van der Waals surface area contributed by atoms with E-state index in [1.165, 1.54) is 12.8 Å². The molecule has 120 valence electrons. The first kappa shape index (κ1) is 16.3. The van der Waals surface area contributed by atoms with Gasteiger partial charge in [0.15, 0.2) is 0 Å². The van der Waals surface area contributed by atoms with Gasteiger partial charge in [-0.15, -0.1) is 0 Å². The van der Waals surface area contributed by atoms with Crippen LogP contribution in [0, 0.1) is 0 Å². The third-order valence-electron chi connectivity index (χ3n) is 6.39. The van der Waals surface area contributed by atoms with Gasteiger partial charge in [0.2, 0.25) is 0 Å². The van der Waals surface area contributed by atoms with Gasteiger partial charge in [-0.05, 0) is 39.1 Å². The monoisotopic (exact) mass is 316 g/mol. The molecule has 2 atom stereocenters. The molecule has 1 saturated heterocycles. The van der Waals surface area contributed by atoms with Crippen molar-refractivity contribution in [3.8, 4) is 0 Å². The summed E-state index contributed by atoms with van der Waals surface area (Å²) >= 11 is 0. The molecular weight excluding hydrogens is 287 g/mol. The van der Waals surface area contributed by atoms with E-state index in [1.807, 2.05) is 0 Å². The summed E-state index contributed by atoms with van der Waals surface area (Å²) in [7, 11) is -1.51. The third-order valence-corrected chi connectivity index (χ3v) is 10.8. The molecule has 4 heteroatoms. The van der Waals surface area contributed by atoms with E-state index in [1.54, 1.807) is 5.19 Å². The Labute approximate surface area is 136 Å². The summed E-state index contributed by atoms with van der Waals surface area (Å²) in [5.41, 5.74) is 0.330. The van der Waals surface area contributed by atoms with E-state index in [4.69, 9.17) is 9.31 Å². The van der Waals surface area contributed by atoms with Gasteiger partial charge in [0, 0.05) is 0 Å². The maximum absolute atomic E-state index is 6.33. The lowest BCUT2D eigenvalue weighted by Gasteiger charge is -2.46. The fourth-order valence-electron chi connectivity index (χ4n) is 3.89. The number of hydrogen-bond donors (Lipinski definition) is 0. The molecule has 0 bridgehead atoms. The van der Waals surface area contributed by atoms with Crippen molar-refractivity contribution in [2.45, 2.75) is 76.2 Å². The van der Waals surface area contributed by atoms with Gasteiger partial charge >= 0.3 is 7.12 Å². The SMILES string of the molecule is CC1(C)OB([C@H]2CC[C@@H]2[Si](C)(C)c2ccccc2)OC1(C)C. The van der Waals surface area contributed by atoms with Crippen molar-refractivity contribution < 1.29 is 9.31 Å². The number of benzene rings is 1. The maximum atomic E-state index is 6.33. The van der Waals surface area contributed by atoms with Crippen molar-refractivity contribution in [2.24, 2.45) is 0 Å². The van der Waals surface area contributed by atoms with E-state index in [0.29, 0.717) is 5.82 Å². The highest BCUT2D eigenvalue weighted by atomic mass is 28.3. The fourth-order valence-corrected chi connectivity index (χ4v) is 7.66. The predicted octanol–water partition coefficient (Wildman–Crippen LogP) is 4.23. The van der Waals surface area contributed by atoms with Crippen molar-refractivity contribution in [1.82, 2.24) is 0 Å². The minimum absolute atomic E-state index is 0.0285. The van der Waals surface area contributed by atoms with Gasteiger partial charge in [-0.25, -0.2) is 0 Å². The Bertz CT molecular complexity index is 525. The Morgan fingerprint density at radius 2 is 1.50 bits per heavy atom. The minimum Gasteiger partial charge on any atom is -0.403 e. The van der Waals surface area contributed by atoms with Crippen molar-refractivity contribution in [3.63, 3.8) is 0 Å². The molecule has 1 aliphatic heterocycles. The summed E-state index contributed by atoms with van der Waals surface area (Å²) in [6.45, 7) is 13.6. The molecule has 0 N–H and O–H groups in total. The molecule has 3 rings (SSSR count). The van der Waals surface area contributed by atoms with Gasteiger partial charge in [0.05, 0.1) is 19.3 Å². The number of rotatable bonds is 3. The second-order valence-corrected chi connectivity index (χ2v) is 13.3. The molecule has 0 amide bonds. The van der Waals surface area contributed by atoms with Crippen molar-refractivity contribution in [3.05, 3.63) is 30.3 Å². The maximum Gasteiger partial charge on any atom is 0.461 e. The zero-order valence-electron chi connectivity index (χ0n) is 14.8. The van der Waals surface area contributed by atoms with E-state index in [2.05, 4.69) is 71.1 Å². The van der Waals surface area contributed by atoms with Crippen LogP contribution in [0.1, 0.15) is 40.5 Å². The van der Waals surface area contributed by atoms with Crippen LogP contribution >= 0.6 is 0 Å². The lowest BCUT2D eigenvalue weighted by atomic mass is 9.60. The van der Waals surface area contributed by atoms with Crippen LogP contribution in [0.3, 0.4) is 0 Å². The molecule has 0 unspecified atom stereocenters. The molecular formula is C18H29BO2Si. The zero-order chi connectivity index (χ0) is 16.2. The first-order valence-electron chi connectivity index (χ1n) is 8.56. The molecule has 2 aliphatic rings. The standard InChI is InChI=1S/C18H29BO2Si/c1-17(2)18(3,4)21-19(20-17)15-12-13-16(15)22(5,6)14-10-8-7-9-11-14/h7-11,15-16H,12-13H2,1-6H3/t15-,16-/m0/s1. The molecule has 2 nitrogen and oxygen atoms in total. The van der Waals surface area contributed by atoms with Crippen LogP contribution < -0.4 is 5.19 Å². The lowest BCUT2D eigenvalue weighted by molar-refractivity contribution is 0.00578. The van der Waals surface area contributed by atoms with Crippen LogP contribution in [0.4, 0.5) is 0 Å². The Morgan fingerprint density at radius 1 is 0.955 bits per heavy atom. The molecule has 2 fully saturated rings. The highest BCUT2D eigenvalue weighted by Gasteiger charge is 2.59. The Kier molecular flexibility index (Phi) is 3.86. The van der Waals surface area contributed by atoms with Crippen molar-refractivity contribution in [2.75, 3.05) is 0 Å². The normalized spacial score (nSPS) is 30.2. The molecule has 1 heterocycles. The quantitative estimate of drug-likeness (QED) is 0.777. The Morgan fingerprint density at radius 3 is 1.95 bits per heavy atom. The highest BCUT2D eigenvalue weighted by Crippen LogP contribution is 2.55. The second kappa shape index (κ2) is 5.22. The van der Waals surface area contributed by atoms with Crippen LogP contribution in [0.5, 0.6) is 0 Å². The fraction of sp³-hybridized carbons (Fsp3) is 0.667. The molecule has 22 heavy (non-hydrogen) atoms. The largest absolute Gasteiger partial charge is 0.461 e. The van der Waals surface area contributed by atoms with Gasteiger partial charge < -0.3 is 9.31 Å². The molecule has 0 aromatic heterocycles. The molecule has 1 saturated carbocycles. The molecule has 1 aliphatic carbocycles. The van der Waals surface area contributed by atoms with Crippen LogP contribution in [0.15, 0.2) is 30.3 Å². The van der Waals surface area contributed by atoms with Crippen LogP contribution in [0.25, 0.3) is 0 Å². The first-order valence-corrected chi connectivity index (χ1v) is 11.6. The van der Waals surface area contributed by atoms with E-state index >= 15 is 0 Å². The summed E-state index contributed by atoms with van der Waals surface area (Å²) < 4.78 is 12.7. The Balaban J connectivity index is 1.78. The predicted molar refractivity (Wildman–Crippen MR) is 96.4 cm³/mol. The summed E-state index contributed by atoms with van der Waals surface area (Å²) in [5, 5.41) is 1.56. The Hall–Kier alpha value is -0.578. The van der Waals surface area contributed by atoms with E-state index in [9.17, 15) is 0 Å². The molecule has 0 spiro atoms.